The van der Waals surface area contributed by atoms with Gasteiger partial charge in [0.25, 0.3) is 5.56 Å². The Morgan fingerprint density at radius 1 is 1.65 bits per heavy atom. The highest BCUT2D eigenvalue weighted by Crippen LogP contribution is 2.39. The fourth-order valence-electron chi connectivity index (χ4n) is 2.46. The van der Waals surface area contributed by atoms with Gasteiger partial charge in [0.2, 0.25) is 11.7 Å². The highest BCUT2D eigenvalue weighted by atomic mass is 16.6. The molecule has 122 valence electrons. The number of imidazole rings is 1. The maximum atomic E-state index is 11.7. The summed E-state index contributed by atoms with van der Waals surface area (Å²) in [6.07, 6.45) is -3.27. The number of nitrogens with two attached hydrogens (primary N) is 1. The Kier molecular flexibility index (Phi) is 3.43. The molecule has 2 aromatic rings. The van der Waals surface area contributed by atoms with Crippen LogP contribution >= 0.6 is 0 Å². The molecule has 0 aliphatic carbocycles. The molecule has 4 atom stereocenters. The minimum Gasteiger partial charge on any atom is -0.394 e. The number of ether oxygens (including phenoxy) is 1. The molecule has 13 nitrogen and oxygen atoms in total. The van der Waals surface area contributed by atoms with Crippen molar-refractivity contribution in [2.24, 2.45) is 5.11 Å². The molecule has 23 heavy (non-hydrogen) atoms. The summed E-state index contributed by atoms with van der Waals surface area (Å²) in [7, 11) is 0. The lowest BCUT2D eigenvalue weighted by Gasteiger charge is -2.24. The maximum absolute atomic E-state index is 11.7. The Hall–Kier alpha value is -2.70. The van der Waals surface area contributed by atoms with Gasteiger partial charge in [-0.1, -0.05) is 5.11 Å². The maximum Gasteiger partial charge on any atom is 0.280 e. The number of hydrogen-bond acceptors (Lipinski definition) is 9. The van der Waals surface area contributed by atoms with Crippen LogP contribution in [0.1, 0.15) is 6.23 Å². The number of aromatic amines is 1. The molecule has 0 aromatic carbocycles. The first-order chi connectivity index (χ1) is 10.9. The number of nitrogens with one attached hydrogen (secondary N) is 1. The fourth-order valence-corrected chi connectivity index (χ4v) is 2.46. The first kappa shape index (κ1) is 15.2. The van der Waals surface area contributed by atoms with E-state index in [0.29, 0.717) is 0 Å². The third-order valence-corrected chi connectivity index (χ3v) is 3.58. The van der Waals surface area contributed by atoms with Crippen LogP contribution in [-0.2, 0) is 4.74 Å². The molecule has 0 bridgehead atoms. The third-order valence-electron chi connectivity index (χ3n) is 3.58. The van der Waals surface area contributed by atoms with Crippen molar-refractivity contribution in [2.75, 3.05) is 12.3 Å². The molecule has 0 amide bonds. The van der Waals surface area contributed by atoms with Gasteiger partial charge < -0.3 is 25.8 Å². The summed E-state index contributed by atoms with van der Waals surface area (Å²) in [4.78, 5) is 24.2. The van der Waals surface area contributed by atoms with E-state index in [-0.39, 0.29) is 17.1 Å². The number of aliphatic hydroxyl groups is 3. The van der Waals surface area contributed by atoms with Crippen LogP contribution in [0.4, 0.5) is 5.95 Å². The largest absolute Gasteiger partial charge is 0.394 e. The van der Waals surface area contributed by atoms with Crippen molar-refractivity contribution in [3.05, 3.63) is 27.1 Å². The Morgan fingerprint density at radius 2 is 2.39 bits per heavy atom. The number of aliphatic hydroxyl groups excluding tert-OH is 2. The van der Waals surface area contributed by atoms with E-state index in [9.17, 15) is 20.1 Å². The molecule has 3 rings (SSSR count). The van der Waals surface area contributed by atoms with Crippen molar-refractivity contribution >= 4 is 17.1 Å². The average molecular weight is 324 g/mol. The first-order valence-corrected chi connectivity index (χ1v) is 6.37. The minimum absolute atomic E-state index is 0.00261. The Morgan fingerprint density at radius 3 is 3.04 bits per heavy atom. The van der Waals surface area contributed by atoms with Crippen molar-refractivity contribution in [1.29, 1.82) is 0 Å². The first-order valence-electron chi connectivity index (χ1n) is 6.37. The molecule has 6 N–H and O–H groups in total. The number of anilines is 1. The van der Waals surface area contributed by atoms with Gasteiger partial charge in [0, 0.05) is 4.91 Å². The number of fused-ring (bicyclic) bond motifs is 1. The van der Waals surface area contributed by atoms with Gasteiger partial charge in [0.15, 0.2) is 17.4 Å². The average Bonchev–Trinajstić information content (AvgIpc) is 3.01. The highest BCUT2D eigenvalue weighted by Gasteiger charge is 2.56. The molecule has 0 spiro atoms. The van der Waals surface area contributed by atoms with Crippen molar-refractivity contribution in [2.45, 2.75) is 24.2 Å². The second-order valence-corrected chi connectivity index (χ2v) is 4.89. The smallest absolute Gasteiger partial charge is 0.280 e. The van der Waals surface area contributed by atoms with Crippen LogP contribution in [0, 0.1) is 0 Å². The van der Waals surface area contributed by atoms with Crippen LogP contribution in [-0.4, -0.2) is 59.4 Å². The minimum atomic E-state index is -2.39. The zero-order valence-corrected chi connectivity index (χ0v) is 11.4. The van der Waals surface area contributed by atoms with Crippen LogP contribution in [0.3, 0.4) is 0 Å². The molecular weight excluding hydrogens is 312 g/mol. The van der Waals surface area contributed by atoms with Crippen LogP contribution in [0.5, 0.6) is 0 Å². The standard InChI is InChI=1S/C10H12N8O5/c11-9-14-6-4(7(21)15-9)13-2-18(6)8-5(20)10(22,16-17-12)3(1-19)23-8/h2-3,5,8,19-20,22H,1H2,(H3,11,14,15,21)/t3-,5+,8-,10-/m1/s1. The van der Waals surface area contributed by atoms with Gasteiger partial charge in [-0.25, -0.2) is 4.98 Å². The van der Waals surface area contributed by atoms with Gasteiger partial charge in [-0.3, -0.25) is 14.3 Å². The number of H-pyrrole nitrogens is 1. The lowest BCUT2D eigenvalue weighted by Crippen LogP contribution is -2.46. The summed E-state index contributed by atoms with van der Waals surface area (Å²) in [5, 5.41) is 32.9. The highest BCUT2D eigenvalue weighted by molar-refractivity contribution is 5.70. The summed E-state index contributed by atoms with van der Waals surface area (Å²) < 4.78 is 6.49. The summed E-state index contributed by atoms with van der Waals surface area (Å²) >= 11 is 0. The van der Waals surface area contributed by atoms with E-state index in [1.54, 1.807) is 0 Å². The molecule has 13 heteroatoms. The summed E-state index contributed by atoms with van der Waals surface area (Å²) in [5.74, 6) is -0.180. The second kappa shape index (κ2) is 5.19. The van der Waals surface area contributed by atoms with Crippen molar-refractivity contribution in [3.8, 4) is 0 Å². The lowest BCUT2D eigenvalue weighted by molar-refractivity contribution is -0.0879. The number of nitrogens with zero attached hydrogens (tertiary/aromatic N) is 6. The van der Waals surface area contributed by atoms with Crippen LogP contribution in [0.25, 0.3) is 21.6 Å². The van der Waals surface area contributed by atoms with E-state index in [0.717, 1.165) is 10.9 Å². The van der Waals surface area contributed by atoms with E-state index < -0.39 is 36.3 Å². The van der Waals surface area contributed by atoms with Crippen molar-refractivity contribution in [1.82, 2.24) is 19.5 Å². The van der Waals surface area contributed by atoms with Crippen LogP contribution < -0.4 is 11.3 Å². The van der Waals surface area contributed by atoms with Crippen molar-refractivity contribution in [3.63, 3.8) is 0 Å². The SMILES string of the molecule is [N-]=[N+]=N[C@@]1(O)[C@@H](CO)O[C@@H](n2cnc3c(=O)[nH]c(N)nc32)[C@@H]1O. The predicted molar refractivity (Wildman–Crippen MR) is 73.7 cm³/mol. The Bertz CT molecular complexity index is 857. The van der Waals surface area contributed by atoms with Gasteiger partial charge in [-0.2, -0.15) is 4.98 Å². The van der Waals surface area contributed by atoms with Gasteiger partial charge >= 0.3 is 0 Å². The van der Waals surface area contributed by atoms with E-state index in [1.165, 1.54) is 0 Å². The summed E-state index contributed by atoms with van der Waals surface area (Å²) in [6, 6.07) is 0. The zero-order valence-electron chi connectivity index (χ0n) is 11.4. The predicted octanol–water partition coefficient (Wildman–Crippen LogP) is -2.05. The fraction of sp³-hybridized carbons (Fsp3) is 0.500. The number of aromatic nitrogens is 4. The number of azide groups is 1. The zero-order chi connectivity index (χ0) is 16.8. The molecule has 0 saturated carbocycles. The normalized spacial score (nSPS) is 30.5. The number of nitrogen functional groups attached to an aromatic ring is 1. The van der Waals surface area contributed by atoms with E-state index in [1.807, 2.05) is 0 Å². The molecule has 1 fully saturated rings. The third kappa shape index (κ3) is 2.11. The summed E-state index contributed by atoms with van der Waals surface area (Å²) in [6.45, 7) is -0.716. The van der Waals surface area contributed by atoms with E-state index in [2.05, 4.69) is 25.0 Å². The van der Waals surface area contributed by atoms with Gasteiger partial charge in [-0.15, -0.1) is 0 Å². The quantitative estimate of drug-likeness (QED) is 0.240. The molecule has 0 radical (unpaired) electrons. The topological polar surface area (TPSA) is 208 Å². The molecule has 2 aromatic heterocycles. The molecule has 3 heterocycles. The molecule has 1 aliphatic rings. The van der Waals surface area contributed by atoms with Crippen LogP contribution in [0.2, 0.25) is 0 Å². The number of rotatable bonds is 3. The van der Waals surface area contributed by atoms with Crippen LogP contribution in [0.15, 0.2) is 16.2 Å². The van der Waals surface area contributed by atoms with Crippen molar-refractivity contribution < 1.29 is 20.1 Å². The molecule has 1 aliphatic heterocycles. The van der Waals surface area contributed by atoms with Gasteiger partial charge in [0.05, 0.1) is 12.9 Å². The van der Waals surface area contributed by atoms with Gasteiger partial charge in [-0.05, 0) is 5.53 Å². The second-order valence-electron chi connectivity index (χ2n) is 4.89. The monoisotopic (exact) mass is 324 g/mol. The lowest BCUT2D eigenvalue weighted by atomic mass is 10.0. The molecular formula is C10H12N8O5. The molecule has 0 unspecified atom stereocenters. The summed E-state index contributed by atoms with van der Waals surface area (Å²) in [5.41, 5.74) is 11.0. The Balaban J connectivity index is 2.13. The Labute approximate surface area is 126 Å². The number of hydrogen-bond donors (Lipinski definition) is 5. The molecule has 1 saturated heterocycles. The van der Waals surface area contributed by atoms with Gasteiger partial charge in [0.1, 0.15) is 12.2 Å². The van der Waals surface area contributed by atoms with E-state index >= 15 is 0 Å². The van der Waals surface area contributed by atoms with E-state index in [4.69, 9.17) is 16.0 Å².